The lowest BCUT2D eigenvalue weighted by Gasteiger charge is -2.09. The average Bonchev–Trinajstić information content (AvgIpc) is 2.63. The first kappa shape index (κ1) is 18.1. The second kappa shape index (κ2) is 8.58. The molecule has 0 aliphatic rings. The minimum atomic E-state index is -0.417. The van der Waals surface area contributed by atoms with Crippen LogP contribution < -0.4 is 19.6 Å². The van der Waals surface area contributed by atoms with Crippen molar-refractivity contribution in [3.8, 4) is 23.0 Å². The van der Waals surface area contributed by atoms with Crippen LogP contribution in [0.15, 0.2) is 41.5 Å². The highest BCUT2D eigenvalue weighted by molar-refractivity contribution is 5.97. The topological polar surface area (TPSA) is 89.4 Å². The molecule has 0 atom stereocenters. The van der Waals surface area contributed by atoms with Crippen molar-refractivity contribution in [3.05, 3.63) is 47.5 Å². The first-order valence-electron chi connectivity index (χ1n) is 7.60. The number of hydrogen-bond acceptors (Lipinski definition) is 6. The Morgan fingerprint density at radius 2 is 1.96 bits per heavy atom. The zero-order valence-electron chi connectivity index (χ0n) is 14.3. The maximum absolute atomic E-state index is 12.2. The summed E-state index contributed by atoms with van der Waals surface area (Å²) in [6, 6.07) is 9.66. The zero-order valence-corrected chi connectivity index (χ0v) is 14.3. The minimum absolute atomic E-state index is 0.0472. The number of nitrogens with zero attached hydrogens (tertiary/aromatic N) is 1. The summed E-state index contributed by atoms with van der Waals surface area (Å²) in [5, 5.41) is 13.6. The van der Waals surface area contributed by atoms with Gasteiger partial charge in [-0.15, -0.1) is 0 Å². The molecule has 2 aromatic carbocycles. The van der Waals surface area contributed by atoms with Crippen LogP contribution in [0, 0.1) is 0 Å². The molecule has 132 valence electrons. The van der Waals surface area contributed by atoms with Crippen molar-refractivity contribution in [3.63, 3.8) is 0 Å². The van der Waals surface area contributed by atoms with E-state index in [9.17, 15) is 9.90 Å². The number of hydrazone groups is 1. The maximum Gasteiger partial charge on any atom is 0.275 e. The van der Waals surface area contributed by atoms with Gasteiger partial charge in [0.05, 0.1) is 32.6 Å². The minimum Gasteiger partial charge on any atom is -0.504 e. The number of carbonyl (C=O) groups is 1. The van der Waals surface area contributed by atoms with Crippen LogP contribution in [-0.2, 0) is 0 Å². The number of carbonyl (C=O) groups excluding carboxylic acids is 1. The molecule has 0 saturated carbocycles. The molecule has 0 fully saturated rings. The van der Waals surface area contributed by atoms with Crippen molar-refractivity contribution in [2.75, 3.05) is 20.8 Å². The Balaban J connectivity index is 2.09. The maximum atomic E-state index is 12.2. The van der Waals surface area contributed by atoms with Gasteiger partial charge in [0, 0.05) is 6.07 Å². The Labute approximate surface area is 145 Å². The molecule has 2 rings (SSSR count). The van der Waals surface area contributed by atoms with Crippen LogP contribution in [0.2, 0.25) is 0 Å². The van der Waals surface area contributed by atoms with E-state index in [1.54, 1.807) is 30.3 Å². The Bertz CT molecular complexity index is 774. The number of benzene rings is 2. The largest absolute Gasteiger partial charge is 0.504 e. The number of phenolic OH excluding ortho intramolecular Hbond substituents is 1. The highest BCUT2D eigenvalue weighted by Gasteiger charge is 2.12. The van der Waals surface area contributed by atoms with E-state index >= 15 is 0 Å². The molecule has 2 N–H and O–H groups in total. The molecule has 7 heteroatoms. The summed E-state index contributed by atoms with van der Waals surface area (Å²) in [6.07, 6.45) is 1.45. The van der Waals surface area contributed by atoms with Gasteiger partial charge in [0.15, 0.2) is 11.5 Å². The number of aromatic hydroxyl groups is 1. The number of amides is 1. The molecule has 25 heavy (non-hydrogen) atoms. The molecule has 1 amide bonds. The highest BCUT2D eigenvalue weighted by atomic mass is 16.5. The fourth-order valence-corrected chi connectivity index (χ4v) is 2.09. The van der Waals surface area contributed by atoms with E-state index in [2.05, 4.69) is 10.5 Å². The number of hydrogen-bond donors (Lipinski definition) is 2. The smallest absolute Gasteiger partial charge is 0.275 e. The molecule has 0 aliphatic carbocycles. The SMILES string of the molecule is CCOc1cc(C=NNC(=O)c2ccc(OC)cc2OC)ccc1O. The molecule has 0 aliphatic heterocycles. The van der Waals surface area contributed by atoms with Gasteiger partial charge in [-0.25, -0.2) is 5.43 Å². The molecular weight excluding hydrogens is 324 g/mol. The van der Waals surface area contributed by atoms with Crippen molar-refractivity contribution < 1.29 is 24.1 Å². The van der Waals surface area contributed by atoms with E-state index in [0.29, 0.717) is 35.0 Å². The lowest BCUT2D eigenvalue weighted by molar-refractivity contribution is 0.0952. The van der Waals surface area contributed by atoms with Crippen LogP contribution in [0.5, 0.6) is 23.0 Å². The third-order valence-corrected chi connectivity index (χ3v) is 3.32. The predicted molar refractivity (Wildman–Crippen MR) is 93.9 cm³/mol. The van der Waals surface area contributed by atoms with Crippen molar-refractivity contribution in [2.45, 2.75) is 6.92 Å². The van der Waals surface area contributed by atoms with Gasteiger partial charge in [-0.2, -0.15) is 5.10 Å². The third kappa shape index (κ3) is 4.63. The molecule has 0 saturated heterocycles. The second-order valence-electron chi connectivity index (χ2n) is 4.93. The summed E-state index contributed by atoms with van der Waals surface area (Å²) >= 11 is 0. The predicted octanol–water partition coefficient (Wildman–Crippen LogP) is 2.57. The Hall–Kier alpha value is -3.22. The number of rotatable bonds is 7. The summed E-state index contributed by atoms with van der Waals surface area (Å²) in [4.78, 5) is 12.2. The first-order chi connectivity index (χ1) is 12.1. The van der Waals surface area contributed by atoms with Crippen LogP contribution in [0.3, 0.4) is 0 Å². The zero-order chi connectivity index (χ0) is 18.2. The van der Waals surface area contributed by atoms with Gasteiger partial charge in [-0.05, 0) is 42.8 Å². The Morgan fingerprint density at radius 1 is 1.16 bits per heavy atom. The van der Waals surface area contributed by atoms with E-state index < -0.39 is 5.91 Å². The summed E-state index contributed by atoms with van der Waals surface area (Å²) in [6.45, 7) is 2.25. The quantitative estimate of drug-likeness (QED) is 0.595. The van der Waals surface area contributed by atoms with Crippen molar-refractivity contribution in [2.24, 2.45) is 5.10 Å². The van der Waals surface area contributed by atoms with Crippen LogP contribution in [0.25, 0.3) is 0 Å². The van der Waals surface area contributed by atoms with Crippen LogP contribution in [-0.4, -0.2) is 38.1 Å². The van der Waals surface area contributed by atoms with E-state index in [1.807, 2.05) is 6.92 Å². The second-order valence-corrected chi connectivity index (χ2v) is 4.93. The van der Waals surface area contributed by atoms with Gasteiger partial charge in [0.25, 0.3) is 5.91 Å². The fraction of sp³-hybridized carbons (Fsp3) is 0.222. The third-order valence-electron chi connectivity index (χ3n) is 3.32. The van der Waals surface area contributed by atoms with E-state index in [0.717, 1.165) is 0 Å². The van der Waals surface area contributed by atoms with Crippen LogP contribution >= 0.6 is 0 Å². The standard InChI is InChI=1S/C18H20N2O5/c1-4-25-17-9-12(5-8-15(17)21)11-19-20-18(22)14-7-6-13(23-2)10-16(14)24-3/h5-11,21H,4H2,1-3H3,(H,20,22). The number of ether oxygens (including phenoxy) is 3. The summed E-state index contributed by atoms with van der Waals surface area (Å²) in [5.74, 6) is 0.958. The molecular formula is C18H20N2O5. The molecule has 0 radical (unpaired) electrons. The average molecular weight is 344 g/mol. The lowest BCUT2D eigenvalue weighted by Crippen LogP contribution is -2.18. The van der Waals surface area contributed by atoms with Crippen molar-refractivity contribution >= 4 is 12.1 Å². The molecule has 0 heterocycles. The number of methoxy groups -OCH3 is 2. The van der Waals surface area contributed by atoms with Gasteiger partial charge in [-0.3, -0.25) is 4.79 Å². The van der Waals surface area contributed by atoms with Gasteiger partial charge in [-0.1, -0.05) is 0 Å². The van der Waals surface area contributed by atoms with E-state index in [4.69, 9.17) is 14.2 Å². The highest BCUT2D eigenvalue weighted by Crippen LogP contribution is 2.26. The van der Waals surface area contributed by atoms with Crippen LogP contribution in [0.1, 0.15) is 22.8 Å². The summed E-state index contributed by atoms with van der Waals surface area (Å²) in [7, 11) is 3.01. The molecule has 7 nitrogen and oxygen atoms in total. The Morgan fingerprint density at radius 3 is 2.64 bits per heavy atom. The number of phenols is 1. The Kier molecular flexibility index (Phi) is 6.22. The first-order valence-corrected chi connectivity index (χ1v) is 7.60. The van der Waals surface area contributed by atoms with Gasteiger partial charge in [0.2, 0.25) is 0 Å². The van der Waals surface area contributed by atoms with E-state index in [-0.39, 0.29) is 5.75 Å². The van der Waals surface area contributed by atoms with Gasteiger partial charge >= 0.3 is 0 Å². The summed E-state index contributed by atoms with van der Waals surface area (Å²) in [5.41, 5.74) is 3.44. The summed E-state index contributed by atoms with van der Waals surface area (Å²) < 4.78 is 15.6. The van der Waals surface area contributed by atoms with Crippen LogP contribution in [0.4, 0.5) is 0 Å². The van der Waals surface area contributed by atoms with Gasteiger partial charge < -0.3 is 19.3 Å². The molecule has 0 aromatic heterocycles. The monoisotopic (exact) mass is 344 g/mol. The molecule has 0 unspecified atom stereocenters. The number of nitrogens with one attached hydrogen (secondary N) is 1. The molecule has 2 aromatic rings. The normalized spacial score (nSPS) is 10.5. The van der Waals surface area contributed by atoms with Crippen molar-refractivity contribution in [1.82, 2.24) is 5.43 Å². The van der Waals surface area contributed by atoms with Crippen molar-refractivity contribution in [1.29, 1.82) is 0 Å². The van der Waals surface area contributed by atoms with Gasteiger partial charge in [0.1, 0.15) is 11.5 Å². The molecule has 0 bridgehead atoms. The molecule has 0 spiro atoms. The fourth-order valence-electron chi connectivity index (χ4n) is 2.09. The lowest BCUT2D eigenvalue weighted by atomic mass is 10.2. The van der Waals surface area contributed by atoms with E-state index in [1.165, 1.54) is 26.5 Å².